The number of hydrogen-bond acceptors (Lipinski definition) is 4. The molecule has 24 heavy (non-hydrogen) atoms. The quantitative estimate of drug-likeness (QED) is 0.712. The highest BCUT2D eigenvalue weighted by molar-refractivity contribution is 5.76. The van der Waals surface area contributed by atoms with Crippen molar-refractivity contribution in [2.75, 3.05) is 7.11 Å². The molecule has 0 heterocycles. The van der Waals surface area contributed by atoms with Crippen molar-refractivity contribution in [3.05, 3.63) is 0 Å². The van der Waals surface area contributed by atoms with Gasteiger partial charge in [0.25, 0.3) is 0 Å². The Bertz CT molecular complexity index is 516. The molecule has 0 spiro atoms. The minimum atomic E-state index is -0.298. The Morgan fingerprint density at radius 1 is 1.04 bits per heavy atom. The molecule has 0 saturated heterocycles. The summed E-state index contributed by atoms with van der Waals surface area (Å²) in [5.74, 6) is 1.80. The van der Waals surface area contributed by atoms with E-state index in [4.69, 9.17) is 9.47 Å². The Morgan fingerprint density at radius 3 is 2.46 bits per heavy atom. The normalized spacial score (nSPS) is 44.8. The van der Waals surface area contributed by atoms with Gasteiger partial charge in [-0.25, -0.2) is 0 Å². The van der Waals surface area contributed by atoms with Gasteiger partial charge >= 0.3 is 11.9 Å². The molecule has 0 aromatic carbocycles. The zero-order chi connectivity index (χ0) is 17.5. The van der Waals surface area contributed by atoms with Crippen molar-refractivity contribution in [1.29, 1.82) is 0 Å². The summed E-state index contributed by atoms with van der Waals surface area (Å²) in [6, 6.07) is 0. The number of fused-ring (bicyclic) bond motifs is 3. The highest BCUT2D eigenvalue weighted by Crippen LogP contribution is 2.61. The lowest BCUT2D eigenvalue weighted by Gasteiger charge is -2.58. The number of rotatable bonds is 2. The van der Waals surface area contributed by atoms with E-state index >= 15 is 0 Å². The van der Waals surface area contributed by atoms with E-state index in [0.29, 0.717) is 23.2 Å². The van der Waals surface area contributed by atoms with Crippen LogP contribution in [0.2, 0.25) is 0 Å². The van der Waals surface area contributed by atoms with Crippen molar-refractivity contribution in [2.24, 2.45) is 28.6 Å². The van der Waals surface area contributed by atoms with Gasteiger partial charge in [-0.2, -0.15) is 0 Å². The van der Waals surface area contributed by atoms with E-state index in [0.717, 1.165) is 38.5 Å². The minimum Gasteiger partial charge on any atom is -0.469 e. The third-order valence-electron chi connectivity index (χ3n) is 7.52. The fourth-order valence-electron chi connectivity index (χ4n) is 6.21. The van der Waals surface area contributed by atoms with E-state index in [-0.39, 0.29) is 23.5 Å². The summed E-state index contributed by atoms with van der Waals surface area (Å²) >= 11 is 0. The molecule has 6 atom stereocenters. The molecule has 0 N–H and O–H groups in total. The standard InChI is InChI=1S/C20H32O4/c1-13(21)24-16-7-10-20(3)15(11-16)6-5-14-12-19(2,18(22)23-4)9-8-17(14)20/h14-17H,5-12H2,1-4H3/t14?,15-,16+,17?,19-,20-/m0/s1. The lowest BCUT2D eigenvalue weighted by molar-refractivity contribution is -0.164. The van der Waals surface area contributed by atoms with Crippen LogP contribution < -0.4 is 0 Å². The highest BCUT2D eigenvalue weighted by Gasteiger charge is 2.55. The zero-order valence-corrected chi connectivity index (χ0v) is 15.6. The molecule has 3 fully saturated rings. The van der Waals surface area contributed by atoms with Gasteiger partial charge in [-0.15, -0.1) is 0 Å². The van der Waals surface area contributed by atoms with Gasteiger partial charge in [-0.05, 0) is 81.5 Å². The third-order valence-corrected chi connectivity index (χ3v) is 7.52. The maximum atomic E-state index is 12.2. The third kappa shape index (κ3) is 2.97. The molecule has 4 heteroatoms. The topological polar surface area (TPSA) is 52.6 Å². The van der Waals surface area contributed by atoms with Crippen molar-refractivity contribution in [3.63, 3.8) is 0 Å². The van der Waals surface area contributed by atoms with Crippen LogP contribution in [-0.4, -0.2) is 25.2 Å². The first kappa shape index (κ1) is 17.8. The van der Waals surface area contributed by atoms with Crippen molar-refractivity contribution in [3.8, 4) is 0 Å². The summed E-state index contributed by atoms with van der Waals surface area (Å²) in [5.41, 5.74) is 0.0467. The van der Waals surface area contributed by atoms with Crippen molar-refractivity contribution < 1.29 is 19.1 Å². The van der Waals surface area contributed by atoms with E-state index in [2.05, 4.69) is 13.8 Å². The molecule has 2 unspecified atom stereocenters. The molecular formula is C20H32O4. The highest BCUT2D eigenvalue weighted by atomic mass is 16.5. The molecule has 0 radical (unpaired) electrons. The first-order valence-corrected chi connectivity index (χ1v) is 9.54. The largest absolute Gasteiger partial charge is 0.469 e. The van der Waals surface area contributed by atoms with Gasteiger partial charge in [0, 0.05) is 6.92 Å². The summed E-state index contributed by atoms with van der Waals surface area (Å²) < 4.78 is 10.6. The van der Waals surface area contributed by atoms with Crippen molar-refractivity contribution >= 4 is 11.9 Å². The Labute approximate surface area is 145 Å². The van der Waals surface area contributed by atoms with E-state index in [1.165, 1.54) is 26.9 Å². The molecule has 136 valence electrons. The lowest BCUT2D eigenvalue weighted by Crippen LogP contribution is -2.52. The smallest absolute Gasteiger partial charge is 0.311 e. The molecule has 3 aliphatic rings. The van der Waals surface area contributed by atoms with Gasteiger partial charge in [0.1, 0.15) is 6.10 Å². The lowest BCUT2D eigenvalue weighted by atomic mass is 9.47. The summed E-state index contributed by atoms with van der Waals surface area (Å²) in [5, 5.41) is 0. The Kier molecular flexibility index (Phi) is 4.69. The molecule has 3 rings (SSSR count). The second kappa shape index (κ2) is 6.34. The van der Waals surface area contributed by atoms with Crippen LogP contribution in [0.5, 0.6) is 0 Å². The van der Waals surface area contributed by atoms with Crippen LogP contribution in [0.15, 0.2) is 0 Å². The van der Waals surface area contributed by atoms with E-state index in [1.807, 2.05) is 0 Å². The van der Waals surface area contributed by atoms with Gasteiger partial charge in [-0.3, -0.25) is 9.59 Å². The Balaban J connectivity index is 1.71. The maximum absolute atomic E-state index is 12.2. The predicted molar refractivity (Wildman–Crippen MR) is 91.2 cm³/mol. The number of hydrogen-bond donors (Lipinski definition) is 0. The van der Waals surface area contributed by atoms with Crippen LogP contribution in [0.25, 0.3) is 0 Å². The van der Waals surface area contributed by atoms with Crippen LogP contribution in [0.4, 0.5) is 0 Å². The molecular weight excluding hydrogens is 304 g/mol. The molecule has 3 aliphatic carbocycles. The molecule has 0 aliphatic heterocycles. The predicted octanol–water partition coefficient (Wildman–Crippen LogP) is 4.11. The number of methoxy groups -OCH3 is 1. The van der Waals surface area contributed by atoms with Gasteiger partial charge < -0.3 is 9.47 Å². The summed E-state index contributed by atoms with van der Waals surface area (Å²) in [6.07, 6.45) is 8.71. The van der Waals surface area contributed by atoms with Crippen LogP contribution in [0, 0.1) is 28.6 Å². The Morgan fingerprint density at radius 2 is 1.79 bits per heavy atom. The number of carbonyl (C=O) groups excluding carboxylic acids is 2. The fourth-order valence-corrected chi connectivity index (χ4v) is 6.21. The average Bonchev–Trinajstić information content (AvgIpc) is 2.53. The van der Waals surface area contributed by atoms with Gasteiger partial charge in [0.2, 0.25) is 0 Å². The SMILES string of the molecule is COC(=O)[C@@]1(C)CCC2C(CC[C@H]3C[C@H](OC(C)=O)CC[C@]23C)C1. The number of carbonyl (C=O) groups is 2. The van der Waals surface area contributed by atoms with Gasteiger partial charge in [0.05, 0.1) is 12.5 Å². The van der Waals surface area contributed by atoms with Crippen LogP contribution in [-0.2, 0) is 19.1 Å². The van der Waals surface area contributed by atoms with Crippen molar-refractivity contribution in [1.82, 2.24) is 0 Å². The second-order valence-corrected chi connectivity index (χ2v) is 8.95. The van der Waals surface area contributed by atoms with Crippen LogP contribution >= 0.6 is 0 Å². The summed E-state index contributed by atoms with van der Waals surface area (Å²) in [7, 11) is 1.51. The zero-order valence-electron chi connectivity index (χ0n) is 15.6. The van der Waals surface area contributed by atoms with Crippen molar-refractivity contribution in [2.45, 2.75) is 78.2 Å². The minimum absolute atomic E-state index is 0.0354. The first-order valence-electron chi connectivity index (χ1n) is 9.54. The van der Waals surface area contributed by atoms with E-state index < -0.39 is 0 Å². The summed E-state index contributed by atoms with van der Waals surface area (Å²) in [4.78, 5) is 23.5. The fraction of sp³-hybridized carbons (Fsp3) is 0.900. The molecule has 0 bridgehead atoms. The maximum Gasteiger partial charge on any atom is 0.311 e. The number of esters is 2. The molecule has 0 aromatic heterocycles. The molecule has 0 aromatic rings. The first-order chi connectivity index (χ1) is 11.3. The van der Waals surface area contributed by atoms with Crippen LogP contribution in [0.3, 0.4) is 0 Å². The van der Waals surface area contributed by atoms with Crippen LogP contribution in [0.1, 0.15) is 72.1 Å². The average molecular weight is 336 g/mol. The Hall–Kier alpha value is -1.06. The van der Waals surface area contributed by atoms with E-state index in [1.54, 1.807) is 0 Å². The van der Waals surface area contributed by atoms with Gasteiger partial charge in [-0.1, -0.05) is 6.92 Å². The summed E-state index contributed by atoms with van der Waals surface area (Å²) in [6.45, 7) is 6.06. The second-order valence-electron chi connectivity index (χ2n) is 8.95. The number of ether oxygens (including phenoxy) is 2. The monoisotopic (exact) mass is 336 g/mol. The van der Waals surface area contributed by atoms with Gasteiger partial charge in [0.15, 0.2) is 0 Å². The molecule has 3 saturated carbocycles. The molecule has 0 amide bonds. The molecule has 4 nitrogen and oxygen atoms in total. The van der Waals surface area contributed by atoms with E-state index in [9.17, 15) is 9.59 Å².